The van der Waals surface area contributed by atoms with Crippen molar-refractivity contribution in [3.8, 4) is 11.5 Å². The van der Waals surface area contributed by atoms with Crippen molar-refractivity contribution in [2.75, 3.05) is 43.2 Å². The summed E-state index contributed by atoms with van der Waals surface area (Å²) >= 11 is 0. The molecule has 3 heterocycles. The molecule has 9 heteroatoms. The van der Waals surface area contributed by atoms with Crippen molar-refractivity contribution in [2.45, 2.75) is 6.92 Å². The summed E-state index contributed by atoms with van der Waals surface area (Å²) < 4.78 is 10.6. The third kappa shape index (κ3) is 3.62. The van der Waals surface area contributed by atoms with E-state index in [2.05, 4.69) is 15.3 Å². The number of aromatic nitrogens is 2. The van der Waals surface area contributed by atoms with E-state index in [9.17, 15) is 9.59 Å². The van der Waals surface area contributed by atoms with Crippen LogP contribution < -0.4 is 19.7 Å². The van der Waals surface area contributed by atoms with E-state index in [1.165, 1.54) is 0 Å². The van der Waals surface area contributed by atoms with Gasteiger partial charge < -0.3 is 24.6 Å². The van der Waals surface area contributed by atoms with Crippen LogP contribution in [0, 0.1) is 0 Å². The molecule has 2 aromatic rings. The van der Waals surface area contributed by atoms with Crippen LogP contribution in [0.1, 0.15) is 17.4 Å². The van der Waals surface area contributed by atoms with E-state index < -0.39 is 0 Å². The predicted octanol–water partition coefficient (Wildman–Crippen LogP) is 1.13. The summed E-state index contributed by atoms with van der Waals surface area (Å²) in [5.41, 5.74) is 0.867. The third-order valence-corrected chi connectivity index (χ3v) is 4.51. The molecule has 1 N–H and O–H groups in total. The number of fused-ring (bicyclic) bond motifs is 1. The van der Waals surface area contributed by atoms with Gasteiger partial charge in [0.25, 0.3) is 5.91 Å². The number of nitrogens with one attached hydrogen (secondary N) is 1. The van der Waals surface area contributed by atoms with Crippen LogP contribution in [-0.4, -0.2) is 59.7 Å². The zero-order valence-corrected chi connectivity index (χ0v) is 14.8. The normalized spacial score (nSPS) is 15.6. The number of amides is 2. The number of hydrogen-bond donors (Lipinski definition) is 1. The van der Waals surface area contributed by atoms with Crippen molar-refractivity contribution >= 4 is 23.5 Å². The smallest absolute Gasteiger partial charge is 0.274 e. The number of anilines is 2. The van der Waals surface area contributed by atoms with Gasteiger partial charge >= 0.3 is 0 Å². The summed E-state index contributed by atoms with van der Waals surface area (Å²) in [4.78, 5) is 36.4. The van der Waals surface area contributed by atoms with E-state index in [0.717, 1.165) is 0 Å². The zero-order chi connectivity index (χ0) is 18.8. The molecule has 9 nitrogen and oxygen atoms in total. The summed E-state index contributed by atoms with van der Waals surface area (Å²) in [7, 11) is 0. The first-order valence-electron chi connectivity index (χ1n) is 8.65. The molecule has 0 radical (unpaired) electrons. The molecule has 0 aliphatic carbocycles. The number of benzene rings is 1. The van der Waals surface area contributed by atoms with Crippen molar-refractivity contribution in [3.05, 3.63) is 36.2 Å². The van der Waals surface area contributed by atoms with E-state index in [-0.39, 0.29) is 24.3 Å². The highest BCUT2D eigenvalue weighted by Crippen LogP contribution is 2.34. The van der Waals surface area contributed by atoms with Gasteiger partial charge in [-0.1, -0.05) is 0 Å². The van der Waals surface area contributed by atoms with Gasteiger partial charge in [-0.25, -0.2) is 9.97 Å². The molecule has 2 aliphatic heterocycles. The summed E-state index contributed by atoms with van der Waals surface area (Å²) in [6.07, 6.45) is 1.56. The van der Waals surface area contributed by atoms with Crippen LogP contribution in [0.15, 0.2) is 30.5 Å². The van der Waals surface area contributed by atoms with Gasteiger partial charge in [0, 0.05) is 51.1 Å². The van der Waals surface area contributed by atoms with Crippen molar-refractivity contribution in [2.24, 2.45) is 0 Å². The number of nitrogens with zero attached hydrogens (tertiary/aromatic N) is 4. The van der Waals surface area contributed by atoms with Crippen LogP contribution in [0.2, 0.25) is 0 Å². The van der Waals surface area contributed by atoms with Crippen molar-refractivity contribution < 1.29 is 19.1 Å². The lowest BCUT2D eigenvalue weighted by Gasteiger charge is -2.34. The van der Waals surface area contributed by atoms with Crippen LogP contribution in [0.3, 0.4) is 0 Å². The Hall–Kier alpha value is -3.36. The second kappa shape index (κ2) is 7.10. The second-order valence-corrected chi connectivity index (χ2v) is 6.26. The molecule has 4 rings (SSSR count). The SMILES string of the molecule is CC(=O)N1CCN(c2nccc(C(=O)Nc3ccc4c(c3)OCO4)n2)CC1. The largest absolute Gasteiger partial charge is 0.454 e. The van der Waals surface area contributed by atoms with E-state index >= 15 is 0 Å². The number of ether oxygens (including phenoxy) is 2. The lowest BCUT2D eigenvalue weighted by molar-refractivity contribution is -0.129. The van der Waals surface area contributed by atoms with E-state index in [1.807, 2.05) is 4.90 Å². The summed E-state index contributed by atoms with van der Waals surface area (Å²) in [5, 5.41) is 2.80. The molecule has 2 amide bonds. The number of piperazine rings is 1. The van der Waals surface area contributed by atoms with Crippen molar-refractivity contribution in [3.63, 3.8) is 0 Å². The summed E-state index contributed by atoms with van der Waals surface area (Å²) in [5.74, 6) is 1.46. The standard InChI is InChI=1S/C18H19N5O4/c1-12(24)22-6-8-23(9-7-22)18-19-5-4-14(21-18)17(25)20-13-2-3-15-16(10-13)27-11-26-15/h2-5,10H,6-9,11H2,1H3,(H,20,25). The first kappa shape index (κ1) is 17.1. The molecule has 1 aromatic carbocycles. The molecule has 0 spiro atoms. The lowest BCUT2D eigenvalue weighted by Crippen LogP contribution is -2.48. The molecule has 1 saturated heterocycles. The Morgan fingerprint density at radius 3 is 2.63 bits per heavy atom. The first-order chi connectivity index (χ1) is 13.1. The van der Waals surface area contributed by atoms with Gasteiger partial charge in [0.15, 0.2) is 11.5 Å². The minimum atomic E-state index is -0.333. The number of carbonyl (C=O) groups is 2. The van der Waals surface area contributed by atoms with E-state index in [0.29, 0.717) is 49.3 Å². The molecule has 1 fully saturated rings. The maximum atomic E-state index is 12.5. The van der Waals surface area contributed by atoms with Crippen LogP contribution in [0.5, 0.6) is 11.5 Å². The van der Waals surface area contributed by atoms with Gasteiger partial charge in [0.05, 0.1) is 0 Å². The Morgan fingerprint density at radius 2 is 1.85 bits per heavy atom. The molecule has 1 aromatic heterocycles. The Balaban J connectivity index is 1.44. The molecular weight excluding hydrogens is 350 g/mol. The Morgan fingerprint density at radius 1 is 1.07 bits per heavy atom. The van der Waals surface area contributed by atoms with Gasteiger partial charge in [-0.15, -0.1) is 0 Å². The third-order valence-electron chi connectivity index (χ3n) is 4.51. The van der Waals surface area contributed by atoms with Crippen molar-refractivity contribution in [1.29, 1.82) is 0 Å². The van der Waals surface area contributed by atoms with Crippen LogP contribution in [-0.2, 0) is 4.79 Å². The lowest BCUT2D eigenvalue weighted by atomic mass is 10.2. The fourth-order valence-electron chi connectivity index (χ4n) is 3.02. The molecule has 0 unspecified atom stereocenters. The van der Waals surface area contributed by atoms with E-state index in [1.54, 1.807) is 42.3 Å². The topological polar surface area (TPSA) is 96.9 Å². The van der Waals surface area contributed by atoms with Crippen LogP contribution in [0.4, 0.5) is 11.6 Å². The minimum Gasteiger partial charge on any atom is -0.454 e. The highest BCUT2D eigenvalue weighted by atomic mass is 16.7. The molecular formula is C18H19N5O4. The fraction of sp³-hybridized carbons (Fsp3) is 0.333. The van der Waals surface area contributed by atoms with Crippen LogP contribution >= 0.6 is 0 Å². The van der Waals surface area contributed by atoms with E-state index in [4.69, 9.17) is 9.47 Å². The maximum absolute atomic E-state index is 12.5. The minimum absolute atomic E-state index is 0.0624. The van der Waals surface area contributed by atoms with Gasteiger partial charge in [0.2, 0.25) is 18.6 Å². The Bertz CT molecular complexity index is 880. The monoisotopic (exact) mass is 369 g/mol. The predicted molar refractivity (Wildman–Crippen MR) is 97.0 cm³/mol. The summed E-state index contributed by atoms with van der Waals surface area (Å²) in [6, 6.07) is 6.77. The van der Waals surface area contributed by atoms with Crippen molar-refractivity contribution in [1.82, 2.24) is 14.9 Å². The molecule has 2 aliphatic rings. The van der Waals surface area contributed by atoms with Gasteiger partial charge in [-0.3, -0.25) is 9.59 Å². The quantitative estimate of drug-likeness (QED) is 0.866. The highest BCUT2D eigenvalue weighted by Gasteiger charge is 2.21. The average Bonchev–Trinajstić information content (AvgIpc) is 3.16. The van der Waals surface area contributed by atoms with Crippen LogP contribution in [0.25, 0.3) is 0 Å². The molecule has 27 heavy (non-hydrogen) atoms. The molecule has 0 bridgehead atoms. The van der Waals surface area contributed by atoms with Gasteiger partial charge in [0.1, 0.15) is 5.69 Å². The van der Waals surface area contributed by atoms with Gasteiger partial charge in [-0.05, 0) is 18.2 Å². The summed E-state index contributed by atoms with van der Waals surface area (Å²) in [6.45, 7) is 4.24. The second-order valence-electron chi connectivity index (χ2n) is 6.26. The first-order valence-corrected chi connectivity index (χ1v) is 8.65. The number of hydrogen-bond acceptors (Lipinski definition) is 7. The highest BCUT2D eigenvalue weighted by molar-refractivity contribution is 6.03. The Kier molecular flexibility index (Phi) is 4.49. The molecule has 140 valence electrons. The average molecular weight is 369 g/mol. The Labute approximate surface area is 155 Å². The van der Waals surface area contributed by atoms with Gasteiger partial charge in [-0.2, -0.15) is 0 Å². The molecule has 0 atom stereocenters. The number of rotatable bonds is 3. The maximum Gasteiger partial charge on any atom is 0.274 e. The fourth-order valence-corrected chi connectivity index (χ4v) is 3.02. The number of carbonyl (C=O) groups excluding carboxylic acids is 2. The molecule has 0 saturated carbocycles. The zero-order valence-electron chi connectivity index (χ0n) is 14.8.